The smallest absolute Gasteiger partial charge is 0.295 e. The van der Waals surface area contributed by atoms with Gasteiger partial charge < -0.3 is 14.7 Å². The number of halogens is 1. The van der Waals surface area contributed by atoms with E-state index in [1.807, 2.05) is 43.3 Å². The van der Waals surface area contributed by atoms with Crippen LogP contribution in [0.4, 0.5) is 4.39 Å². The van der Waals surface area contributed by atoms with E-state index in [4.69, 9.17) is 4.74 Å². The molecule has 6 heteroatoms. The second-order valence-corrected chi connectivity index (χ2v) is 7.84. The number of amides is 1. The lowest BCUT2D eigenvalue weighted by atomic mass is 9.95. The number of carbonyl (C=O) groups excluding carboxylic acids is 2. The first-order valence-corrected chi connectivity index (χ1v) is 10.8. The zero-order chi connectivity index (χ0) is 23.4. The molecule has 1 amide bonds. The van der Waals surface area contributed by atoms with Gasteiger partial charge in [-0.25, -0.2) is 4.39 Å². The molecule has 1 aliphatic heterocycles. The molecule has 168 valence electrons. The normalized spacial score (nSPS) is 17.4. The number of nitrogens with zero attached hydrogens (tertiary/aromatic N) is 1. The average Bonchev–Trinajstić information content (AvgIpc) is 3.08. The highest BCUT2D eigenvalue weighted by Crippen LogP contribution is 2.41. The largest absolute Gasteiger partial charge is 0.507 e. The number of rotatable bonds is 7. The Morgan fingerprint density at radius 2 is 1.73 bits per heavy atom. The van der Waals surface area contributed by atoms with Crippen molar-refractivity contribution in [3.63, 3.8) is 0 Å². The van der Waals surface area contributed by atoms with Gasteiger partial charge in [-0.2, -0.15) is 0 Å². The van der Waals surface area contributed by atoms with Crippen LogP contribution in [-0.4, -0.2) is 28.3 Å². The number of carbonyl (C=O) groups is 2. The van der Waals surface area contributed by atoms with Gasteiger partial charge >= 0.3 is 0 Å². The lowest BCUT2D eigenvalue weighted by Gasteiger charge is -2.26. The van der Waals surface area contributed by atoms with E-state index in [1.165, 1.54) is 29.2 Å². The fraction of sp³-hybridized carbons (Fsp3) is 0.185. The standard InChI is InChI=1S/C27H24FNO4/c1-2-15-33-22-10-6-9-20(16-22)24-23(25(30)19-11-13-21(28)14-12-19)26(31)27(32)29(24)17-18-7-4-3-5-8-18/h3-14,16,24,30H,2,15,17H2,1H3. The molecule has 4 rings (SSSR count). The van der Waals surface area contributed by atoms with E-state index < -0.39 is 23.5 Å². The first-order chi connectivity index (χ1) is 16.0. The van der Waals surface area contributed by atoms with Crippen LogP contribution in [0.2, 0.25) is 0 Å². The lowest BCUT2D eigenvalue weighted by molar-refractivity contribution is -0.140. The van der Waals surface area contributed by atoms with Crippen molar-refractivity contribution in [2.24, 2.45) is 0 Å². The Morgan fingerprint density at radius 1 is 1.00 bits per heavy atom. The van der Waals surface area contributed by atoms with Crippen molar-refractivity contribution in [1.82, 2.24) is 4.90 Å². The molecule has 0 aromatic heterocycles. The van der Waals surface area contributed by atoms with E-state index >= 15 is 0 Å². The number of ether oxygens (including phenoxy) is 1. The SMILES string of the molecule is CCCOc1cccc(C2C(=C(O)c3ccc(F)cc3)C(=O)C(=O)N2Cc2ccccc2)c1. The van der Waals surface area contributed by atoms with E-state index in [2.05, 4.69) is 0 Å². The number of aliphatic hydroxyl groups excluding tert-OH is 1. The quantitative estimate of drug-likeness (QED) is 0.307. The molecule has 0 bridgehead atoms. The molecule has 33 heavy (non-hydrogen) atoms. The molecule has 0 radical (unpaired) electrons. The molecule has 5 nitrogen and oxygen atoms in total. The minimum absolute atomic E-state index is 0.0322. The number of ketones is 1. The highest BCUT2D eigenvalue weighted by molar-refractivity contribution is 6.46. The summed E-state index contributed by atoms with van der Waals surface area (Å²) in [5, 5.41) is 11.1. The maximum absolute atomic E-state index is 13.4. The van der Waals surface area contributed by atoms with E-state index in [9.17, 15) is 19.1 Å². The van der Waals surface area contributed by atoms with Crippen LogP contribution in [0.3, 0.4) is 0 Å². The van der Waals surface area contributed by atoms with Gasteiger partial charge in [0.15, 0.2) is 0 Å². The van der Waals surface area contributed by atoms with Crippen molar-refractivity contribution in [1.29, 1.82) is 0 Å². The monoisotopic (exact) mass is 445 g/mol. The van der Waals surface area contributed by atoms with Gasteiger partial charge in [0, 0.05) is 12.1 Å². The molecule has 1 N–H and O–H groups in total. The summed E-state index contributed by atoms with van der Waals surface area (Å²) in [5.41, 5.74) is 1.72. The first-order valence-electron chi connectivity index (χ1n) is 10.8. The predicted molar refractivity (Wildman–Crippen MR) is 123 cm³/mol. The number of benzene rings is 3. The fourth-order valence-corrected chi connectivity index (χ4v) is 3.93. The Labute approximate surface area is 191 Å². The van der Waals surface area contributed by atoms with Gasteiger partial charge in [0.2, 0.25) is 0 Å². The zero-order valence-electron chi connectivity index (χ0n) is 18.2. The molecule has 0 aliphatic carbocycles. The van der Waals surface area contributed by atoms with Crippen LogP contribution >= 0.6 is 0 Å². The summed E-state index contributed by atoms with van der Waals surface area (Å²) < 4.78 is 19.2. The number of aliphatic hydroxyl groups is 1. The summed E-state index contributed by atoms with van der Waals surface area (Å²) >= 11 is 0. The molecule has 1 unspecified atom stereocenters. The van der Waals surface area contributed by atoms with Crippen molar-refractivity contribution in [3.8, 4) is 5.75 Å². The minimum atomic E-state index is -0.819. The van der Waals surface area contributed by atoms with Crippen LogP contribution in [0.5, 0.6) is 5.75 Å². The highest BCUT2D eigenvalue weighted by Gasteiger charge is 2.46. The van der Waals surface area contributed by atoms with Gasteiger partial charge in [-0.3, -0.25) is 9.59 Å². The molecule has 1 heterocycles. The second-order valence-electron chi connectivity index (χ2n) is 7.84. The lowest BCUT2D eigenvalue weighted by Crippen LogP contribution is -2.29. The molecule has 1 saturated heterocycles. The summed E-state index contributed by atoms with van der Waals surface area (Å²) in [5.74, 6) is -1.67. The van der Waals surface area contributed by atoms with E-state index in [1.54, 1.807) is 18.2 Å². The average molecular weight is 445 g/mol. The van der Waals surface area contributed by atoms with Crippen molar-refractivity contribution in [2.75, 3.05) is 6.61 Å². The van der Waals surface area contributed by atoms with Gasteiger partial charge in [0.05, 0.1) is 18.2 Å². The van der Waals surface area contributed by atoms with E-state index in [-0.39, 0.29) is 23.4 Å². The second kappa shape index (κ2) is 9.69. The van der Waals surface area contributed by atoms with Crippen molar-refractivity contribution >= 4 is 17.4 Å². The van der Waals surface area contributed by atoms with Gasteiger partial charge in [-0.15, -0.1) is 0 Å². The summed E-state index contributed by atoms with van der Waals surface area (Å²) in [6, 6.07) is 20.9. The Balaban J connectivity index is 1.84. The van der Waals surface area contributed by atoms with Crippen molar-refractivity contribution in [2.45, 2.75) is 25.9 Å². The van der Waals surface area contributed by atoms with Crippen LogP contribution < -0.4 is 4.74 Å². The molecule has 3 aromatic carbocycles. The number of likely N-dealkylation sites (tertiary alicyclic amines) is 1. The number of hydrogen-bond acceptors (Lipinski definition) is 4. The zero-order valence-corrected chi connectivity index (χ0v) is 18.2. The van der Waals surface area contributed by atoms with Gasteiger partial charge in [-0.05, 0) is 53.9 Å². The molecule has 1 atom stereocenters. The van der Waals surface area contributed by atoms with Gasteiger partial charge in [0.1, 0.15) is 17.3 Å². The maximum atomic E-state index is 13.4. The molecule has 0 saturated carbocycles. The summed E-state index contributed by atoms with van der Waals surface area (Å²) in [6.45, 7) is 2.72. The Hall–Kier alpha value is -3.93. The molecule has 0 spiro atoms. The third-order valence-corrected chi connectivity index (χ3v) is 5.50. The van der Waals surface area contributed by atoms with Gasteiger partial charge in [-0.1, -0.05) is 49.4 Å². The number of Topliss-reactive ketones (excluding diaryl/α,β-unsaturated/α-hetero) is 1. The molecule has 3 aromatic rings. The topological polar surface area (TPSA) is 66.8 Å². The van der Waals surface area contributed by atoms with Gasteiger partial charge in [0.25, 0.3) is 11.7 Å². The summed E-state index contributed by atoms with van der Waals surface area (Å²) in [6.07, 6.45) is 0.835. The predicted octanol–water partition coefficient (Wildman–Crippen LogP) is 5.24. The van der Waals surface area contributed by atoms with E-state index in [0.29, 0.717) is 17.9 Å². The maximum Gasteiger partial charge on any atom is 0.295 e. The van der Waals surface area contributed by atoms with Crippen LogP contribution in [0, 0.1) is 5.82 Å². The molecular formula is C27H24FNO4. The third kappa shape index (κ3) is 4.65. The molecule has 1 aliphatic rings. The van der Waals surface area contributed by atoms with Crippen molar-refractivity contribution < 1.29 is 23.8 Å². The molecule has 1 fully saturated rings. The van der Waals surface area contributed by atoms with Crippen LogP contribution in [0.25, 0.3) is 5.76 Å². The van der Waals surface area contributed by atoms with Crippen LogP contribution in [0.15, 0.2) is 84.4 Å². The summed E-state index contributed by atoms with van der Waals surface area (Å²) in [4.78, 5) is 27.7. The van der Waals surface area contributed by atoms with E-state index in [0.717, 1.165) is 12.0 Å². The van der Waals surface area contributed by atoms with Crippen molar-refractivity contribution in [3.05, 3.63) is 107 Å². The Bertz CT molecular complexity index is 1190. The highest BCUT2D eigenvalue weighted by atomic mass is 19.1. The molecular weight excluding hydrogens is 421 g/mol. The summed E-state index contributed by atoms with van der Waals surface area (Å²) in [7, 11) is 0. The first kappa shape index (κ1) is 22.3. The fourth-order valence-electron chi connectivity index (χ4n) is 3.93. The number of hydrogen-bond donors (Lipinski definition) is 1. The van der Waals surface area contributed by atoms with Crippen LogP contribution in [-0.2, 0) is 16.1 Å². The van der Waals surface area contributed by atoms with Crippen LogP contribution in [0.1, 0.15) is 36.1 Å². The Morgan fingerprint density at radius 3 is 2.42 bits per heavy atom. The third-order valence-electron chi connectivity index (χ3n) is 5.50. The minimum Gasteiger partial charge on any atom is -0.507 e. The Kier molecular flexibility index (Phi) is 6.54.